The molecule has 7 nitrogen and oxygen atoms in total. The number of carbonyl (C=O) groups is 2. The number of aromatic nitrogens is 3. The van der Waals surface area contributed by atoms with Gasteiger partial charge in [-0.15, -0.1) is 0 Å². The van der Waals surface area contributed by atoms with Crippen LogP contribution in [0, 0.1) is 5.92 Å². The van der Waals surface area contributed by atoms with E-state index in [1.807, 2.05) is 30.3 Å². The van der Waals surface area contributed by atoms with E-state index in [1.165, 1.54) is 11.2 Å². The van der Waals surface area contributed by atoms with E-state index in [0.717, 1.165) is 5.56 Å². The van der Waals surface area contributed by atoms with Gasteiger partial charge < -0.3 is 5.32 Å². The van der Waals surface area contributed by atoms with Crippen molar-refractivity contribution >= 4 is 11.9 Å². The molecule has 24 heavy (non-hydrogen) atoms. The van der Waals surface area contributed by atoms with Crippen LogP contribution in [0.15, 0.2) is 36.7 Å². The lowest BCUT2D eigenvalue weighted by Crippen LogP contribution is -2.33. The second kappa shape index (κ2) is 6.82. The number of nitrogens with one attached hydrogen (secondary N) is 1. The highest BCUT2D eigenvalue weighted by Gasteiger charge is 2.38. The molecule has 0 aliphatic carbocycles. The molecule has 0 spiro atoms. The molecule has 1 aromatic carbocycles. The summed E-state index contributed by atoms with van der Waals surface area (Å²) in [6, 6.07) is 8.75. The van der Waals surface area contributed by atoms with Gasteiger partial charge in [0.25, 0.3) is 5.91 Å². The van der Waals surface area contributed by atoms with Crippen LogP contribution in [0.1, 0.15) is 25.2 Å². The van der Waals surface area contributed by atoms with Crippen LogP contribution in [-0.4, -0.2) is 37.6 Å². The van der Waals surface area contributed by atoms with E-state index in [-0.39, 0.29) is 18.5 Å². The summed E-state index contributed by atoms with van der Waals surface area (Å²) >= 11 is 0. The van der Waals surface area contributed by atoms with Crippen LogP contribution in [0.3, 0.4) is 0 Å². The molecule has 1 aromatic heterocycles. The average molecular weight is 327 g/mol. The zero-order valence-electron chi connectivity index (χ0n) is 13.8. The number of hydrogen-bond donors (Lipinski definition) is 1. The molecule has 2 aromatic rings. The van der Waals surface area contributed by atoms with Crippen molar-refractivity contribution in [2.75, 3.05) is 0 Å². The standard InChI is InChI=1S/C17H21N5O2/c1-12(2)9-22-15(18-11-19-22)10-21-16(23)14(20-17(21)24)8-13-6-4-3-5-7-13/h3-7,11-12,14H,8-10H2,1-2H3,(H,20,24)/t14-/m0/s1. The number of amides is 3. The molecule has 1 N–H and O–H groups in total. The summed E-state index contributed by atoms with van der Waals surface area (Å²) in [5, 5.41) is 6.93. The van der Waals surface area contributed by atoms with Crippen LogP contribution in [0.2, 0.25) is 0 Å². The van der Waals surface area contributed by atoms with Crippen LogP contribution in [0.25, 0.3) is 0 Å². The number of benzene rings is 1. The van der Waals surface area contributed by atoms with Gasteiger partial charge in [-0.3, -0.25) is 9.69 Å². The Morgan fingerprint density at radius 2 is 1.96 bits per heavy atom. The summed E-state index contributed by atoms with van der Waals surface area (Å²) in [6.07, 6.45) is 1.94. The van der Waals surface area contributed by atoms with Crippen LogP contribution < -0.4 is 5.32 Å². The maximum Gasteiger partial charge on any atom is 0.325 e. The fraction of sp³-hybridized carbons (Fsp3) is 0.412. The molecule has 0 unspecified atom stereocenters. The van der Waals surface area contributed by atoms with E-state index < -0.39 is 6.04 Å². The van der Waals surface area contributed by atoms with E-state index in [4.69, 9.17) is 0 Å². The summed E-state index contributed by atoms with van der Waals surface area (Å²) in [5.41, 5.74) is 1.01. The quantitative estimate of drug-likeness (QED) is 0.817. The highest BCUT2D eigenvalue weighted by molar-refractivity contribution is 6.04. The van der Waals surface area contributed by atoms with Crippen LogP contribution >= 0.6 is 0 Å². The molecule has 1 aliphatic heterocycles. The average Bonchev–Trinajstić information content (AvgIpc) is 3.08. The number of hydrogen-bond acceptors (Lipinski definition) is 4. The van der Waals surface area contributed by atoms with Crippen molar-refractivity contribution in [3.8, 4) is 0 Å². The van der Waals surface area contributed by atoms with Crippen molar-refractivity contribution in [2.24, 2.45) is 5.92 Å². The third-order valence-corrected chi connectivity index (χ3v) is 3.92. The van der Waals surface area contributed by atoms with Gasteiger partial charge in [0, 0.05) is 13.0 Å². The molecule has 1 atom stereocenters. The molecular weight excluding hydrogens is 306 g/mol. The van der Waals surface area contributed by atoms with Gasteiger partial charge in [0.2, 0.25) is 0 Å². The van der Waals surface area contributed by atoms with E-state index in [9.17, 15) is 9.59 Å². The third-order valence-electron chi connectivity index (χ3n) is 3.92. The number of carbonyl (C=O) groups excluding carboxylic acids is 2. The monoisotopic (exact) mass is 327 g/mol. The molecule has 126 valence electrons. The molecule has 0 saturated carbocycles. The number of imide groups is 1. The highest BCUT2D eigenvalue weighted by Crippen LogP contribution is 2.15. The van der Waals surface area contributed by atoms with Gasteiger partial charge in [0.15, 0.2) is 0 Å². The largest absolute Gasteiger partial charge is 0.325 e. The minimum Gasteiger partial charge on any atom is -0.325 e. The van der Waals surface area contributed by atoms with Crippen LogP contribution in [0.5, 0.6) is 0 Å². The predicted octanol–water partition coefficient (Wildman–Crippen LogP) is 1.60. The molecule has 0 radical (unpaired) electrons. The first-order valence-corrected chi connectivity index (χ1v) is 8.07. The Balaban J connectivity index is 1.70. The molecule has 0 bridgehead atoms. The SMILES string of the molecule is CC(C)Cn1ncnc1CN1C(=O)N[C@@H](Cc2ccccc2)C1=O. The Labute approximate surface area is 140 Å². The smallest absolute Gasteiger partial charge is 0.325 e. The number of rotatable bonds is 6. The number of nitrogens with zero attached hydrogens (tertiary/aromatic N) is 4. The van der Waals surface area contributed by atoms with E-state index in [1.54, 1.807) is 4.68 Å². The molecule has 1 saturated heterocycles. The first-order chi connectivity index (χ1) is 11.5. The normalized spacial score (nSPS) is 17.6. The molecule has 1 aliphatic rings. The molecule has 2 heterocycles. The third kappa shape index (κ3) is 3.45. The summed E-state index contributed by atoms with van der Waals surface area (Å²) in [7, 11) is 0. The van der Waals surface area contributed by atoms with Gasteiger partial charge in [-0.05, 0) is 11.5 Å². The maximum atomic E-state index is 12.6. The molecule has 7 heteroatoms. The summed E-state index contributed by atoms with van der Waals surface area (Å²) in [5.74, 6) is 0.801. The fourth-order valence-corrected chi connectivity index (χ4v) is 2.77. The summed E-state index contributed by atoms with van der Waals surface area (Å²) in [6.45, 7) is 5.00. The second-order valence-electron chi connectivity index (χ2n) is 6.37. The van der Waals surface area contributed by atoms with Gasteiger partial charge in [-0.2, -0.15) is 5.10 Å². The first kappa shape index (κ1) is 16.2. The Kier molecular flexibility index (Phi) is 4.59. The maximum absolute atomic E-state index is 12.6. The van der Waals surface area contributed by atoms with Crippen molar-refractivity contribution in [3.63, 3.8) is 0 Å². The van der Waals surface area contributed by atoms with Gasteiger partial charge in [-0.1, -0.05) is 44.2 Å². The van der Waals surface area contributed by atoms with Crippen molar-refractivity contribution in [2.45, 2.75) is 39.4 Å². The van der Waals surface area contributed by atoms with E-state index in [0.29, 0.717) is 24.7 Å². The Morgan fingerprint density at radius 3 is 2.67 bits per heavy atom. The van der Waals surface area contributed by atoms with E-state index in [2.05, 4.69) is 29.2 Å². The van der Waals surface area contributed by atoms with Gasteiger partial charge in [-0.25, -0.2) is 14.5 Å². The lowest BCUT2D eigenvalue weighted by Gasteiger charge is -2.14. The Bertz CT molecular complexity index is 726. The molecular formula is C17H21N5O2. The Hall–Kier alpha value is -2.70. The second-order valence-corrected chi connectivity index (χ2v) is 6.37. The van der Waals surface area contributed by atoms with Gasteiger partial charge in [0.05, 0.1) is 6.54 Å². The minimum absolute atomic E-state index is 0.142. The lowest BCUT2D eigenvalue weighted by molar-refractivity contribution is -0.127. The fourth-order valence-electron chi connectivity index (χ4n) is 2.77. The summed E-state index contributed by atoms with van der Waals surface area (Å²) < 4.78 is 1.75. The zero-order chi connectivity index (χ0) is 17.1. The topological polar surface area (TPSA) is 80.1 Å². The molecule has 3 amide bonds. The van der Waals surface area contributed by atoms with E-state index >= 15 is 0 Å². The molecule has 3 rings (SSSR count). The lowest BCUT2D eigenvalue weighted by atomic mass is 10.1. The van der Waals surface area contributed by atoms with Crippen molar-refractivity contribution in [1.82, 2.24) is 25.0 Å². The zero-order valence-corrected chi connectivity index (χ0v) is 13.8. The van der Waals surface area contributed by atoms with Crippen LogP contribution in [-0.2, 0) is 24.3 Å². The first-order valence-electron chi connectivity index (χ1n) is 8.07. The van der Waals surface area contributed by atoms with Crippen LogP contribution in [0.4, 0.5) is 4.79 Å². The van der Waals surface area contributed by atoms with Crippen molar-refractivity contribution in [3.05, 3.63) is 48.0 Å². The van der Waals surface area contributed by atoms with Gasteiger partial charge in [0.1, 0.15) is 18.2 Å². The predicted molar refractivity (Wildman–Crippen MR) is 87.9 cm³/mol. The minimum atomic E-state index is -0.527. The highest BCUT2D eigenvalue weighted by atomic mass is 16.2. The summed E-state index contributed by atoms with van der Waals surface area (Å²) in [4.78, 5) is 30.2. The molecule has 1 fully saturated rings. The Morgan fingerprint density at radius 1 is 1.21 bits per heavy atom. The number of urea groups is 1. The van der Waals surface area contributed by atoms with Gasteiger partial charge >= 0.3 is 6.03 Å². The van der Waals surface area contributed by atoms with Crippen molar-refractivity contribution < 1.29 is 9.59 Å². The van der Waals surface area contributed by atoms with Crippen molar-refractivity contribution in [1.29, 1.82) is 0 Å².